The third kappa shape index (κ3) is 2.82. The number of benzene rings is 1. The van der Waals surface area contributed by atoms with Gasteiger partial charge in [0.05, 0.1) is 0 Å². The van der Waals surface area contributed by atoms with Gasteiger partial charge in [0.15, 0.2) is 0 Å². The Labute approximate surface area is 106 Å². The normalized spacial score (nSPS) is 10.5. The van der Waals surface area contributed by atoms with Crippen molar-refractivity contribution >= 4 is 16.5 Å². The Kier molecular flexibility index (Phi) is 3.74. The number of aromatic nitrogens is 2. The molecule has 0 saturated heterocycles. The average Bonchev–Trinajstić information content (AvgIpc) is 2.76. The zero-order chi connectivity index (χ0) is 12.3. The topological polar surface area (TPSA) is 37.8 Å². The van der Waals surface area contributed by atoms with E-state index >= 15 is 0 Å². The van der Waals surface area contributed by atoms with E-state index in [9.17, 15) is 0 Å². The summed E-state index contributed by atoms with van der Waals surface area (Å²) in [5, 5.41) is 13.5. The second-order valence-corrected chi connectivity index (χ2v) is 5.14. The molecular weight excluding hydrogens is 230 g/mol. The molecule has 1 heterocycles. The first-order valence-electron chi connectivity index (χ1n) is 5.82. The molecule has 1 aromatic heterocycles. The maximum Gasteiger partial charge on any atom is 0.205 e. The van der Waals surface area contributed by atoms with Gasteiger partial charge in [0.25, 0.3) is 0 Å². The van der Waals surface area contributed by atoms with Crippen LogP contribution in [0.5, 0.6) is 0 Å². The van der Waals surface area contributed by atoms with Crippen LogP contribution in [0, 0.1) is 13.8 Å². The highest BCUT2D eigenvalue weighted by atomic mass is 32.1. The first-order valence-corrected chi connectivity index (χ1v) is 6.63. The molecule has 2 aromatic rings. The van der Waals surface area contributed by atoms with Gasteiger partial charge in [0.2, 0.25) is 5.13 Å². The van der Waals surface area contributed by atoms with E-state index in [2.05, 4.69) is 54.5 Å². The fourth-order valence-corrected chi connectivity index (χ4v) is 2.43. The molecule has 1 N–H and O–H groups in total. The van der Waals surface area contributed by atoms with Gasteiger partial charge < -0.3 is 5.32 Å². The molecule has 3 nitrogen and oxygen atoms in total. The molecule has 1 aromatic carbocycles. The third-order valence-electron chi connectivity index (χ3n) is 2.83. The van der Waals surface area contributed by atoms with Gasteiger partial charge in [-0.15, -0.1) is 10.2 Å². The first-order chi connectivity index (χ1) is 8.20. The number of rotatable bonds is 4. The molecule has 0 atom stereocenters. The summed E-state index contributed by atoms with van der Waals surface area (Å²) in [5.41, 5.74) is 3.98. The largest absolute Gasteiger partial charge is 0.356 e. The van der Waals surface area contributed by atoms with E-state index in [-0.39, 0.29) is 0 Å². The summed E-state index contributed by atoms with van der Waals surface area (Å²) >= 11 is 1.63. The number of nitrogens with one attached hydrogen (secondary N) is 1. The highest BCUT2D eigenvalue weighted by Crippen LogP contribution is 2.19. The Bertz CT molecular complexity index is 485. The Hall–Kier alpha value is -1.42. The molecular formula is C13H17N3S. The van der Waals surface area contributed by atoms with Crippen LogP contribution in [-0.2, 0) is 13.0 Å². The van der Waals surface area contributed by atoms with E-state index in [4.69, 9.17) is 0 Å². The van der Waals surface area contributed by atoms with Gasteiger partial charge in [-0.3, -0.25) is 0 Å². The van der Waals surface area contributed by atoms with Crippen LogP contribution in [0.1, 0.15) is 28.6 Å². The smallest absolute Gasteiger partial charge is 0.205 e. The predicted octanol–water partition coefficient (Wildman–Crippen LogP) is 3.33. The van der Waals surface area contributed by atoms with E-state index < -0.39 is 0 Å². The maximum atomic E-state index is 4.12. The van der Waals surface area contributed by atoms with Crippen molar-refractivity contribution in [1.82, 2.24) is 10.2 Å². The minimum Gasteiger partial charge on any atom is -0.356 e. The molecule has 2 rings (SSSR count). The van der Waals surface area contributed by atoms with Crippen LogP contribution in [0.4, 0.5) is 5.13 Å². The molecule has 17 heavy (non-hydrogen) atoms. The second-order valence-electron chi connectivity index (χ2n) is 4.08. The van der Waals surface area contributed by atoms with E-state index in [1.807, 2.05) is 0 Å². The van der Waals surface area contributed by atoms with Crippen molar-refractivity contribution in [2.75, 3.05) is 5.32 Å². The molecule has 0 aliphatic rings. The standard InChI is InChI=1S/C13H17N3S/c1-4-12-15-16-13(17-12)14-8-11-9(2)6-5-7-10(11)3/h5-7H,4,8H2,1-3H3,(H,14,16). The molecule has 0 radical (unpaired) electrons. The molecule has 0 amide bonds. The fraction of sp³-hybridized carbons (Fsp3) is 0.385. The third-order valence-corrected chi connectivity index (χ3v) is 3.86. The highest BCUT2D eigenvalue weighted by Gasteiger charge is 2.04. The van der Waals surface area contributed by atoms with Gasteiger partial charge in [-0.2, -0.15) is 0 Å². The molecule has 0 aliphatic carbocycles. The van der Waals surface area contributed by atoms with Crippen molar-refractivity contribution in [2.24, 2.45) is 0 Å². The van der Waals surface area contributed by atoms with Crippen LogP contribution in [0.25, 0.3) is 0 Å². The lowest BCUT2D eigenvalue weighted by Gasteiger charge is -2.09. The molecule has 0 spiro atoms. The van der Waals surface area contributed by atoms with Crippen LogP contribution in [0.15, 0.2) is 18.2 Å². The minimum absolute atomic E-state index is 0.816. The molecule has 0 bridgehead atoms. The predicted molar refractivity (Wildman–Crippen MR) is 72.5 cm³/mol. The summed E-state index contributed by atoms with van der Waals surface area (Å²) in [6.07, 6.45) is 0.947. The highest BCUT2D eigenvalue weighted by molar-refractivity contribution is 7.15. The summed E-state index contributed by atoms with van der Waals surface area (Å²) in [6.45, 7) is 7.19. The minimum atomic E-state index is 0.816. The van der Waals surface area contributed by atoms with Crippen LogP contribution >= 0.6 is 11.3 Å². The maximum absolute atomic E-state index is 4.12. The van der Waals surface area contributed by atoms with Crippen molar-refractivity contribution in [3.63, 3.8) is 0 Å². The van der Waals surface area contributed by atoms with Crippen LogP contribution in [0.3, 0.4) is 0 Å². The number of aryl methyl sites for hydroxylation is 3. The van der Waals surface area contributed by atoms with E-state index in [0.29, 0.717) is 0 Å². The van der Waals surface area contributed by atoms with Crippen LogP contribution < -0.4 is 5.32 Å². The summed E-state index contributed by atoms with van der Waals surface area (Å²) in [5.74, 6) is 0. The van der Waals surface area contributed by atoms with Crippen molar-refractivity contribution in [3.8, 4) is 0 Å². The van der Waals surface area contributed by atoms with Gasteiger partial charge in [-0.1, -0.05) is 36.5 Å². The SMILES string of the molecule is CCc1nnc(NCc2c(C)cccc2C)s1. The zero-order valence-electron chi connectivity index (χ0n) is 10.4. The van der Waals surface area contributed by atoms with Crippen molar-refractivity contribution in [1.29, 1.82) is 0 Å². The average molecular weight is 247 g/mol. The monoisotopic (exact) mass is 247 g/mol. The van der Waals surface area contributed by atoms with Crippen molar-refractivity contribution in [3.05, 3.63) is 39.9 Å². The lowest BCUT2D eigenvalue weighted by atomic mass is 10.0. The van der Waals surface area contributed by atoms with Gasteiger partial charge in [-0.25, -0.2) is 0 Å². The fourth-order valence-electron chi connectivity index (χ4n) is 1.76. The molecule has 0 saturated carbocycles. The summed E-state index contributed by atoms with van der Waals surface area (Å²) in [4.78, 5) is 0. The van der Waals surface area contributed by atoms with E-state index in [0.717, 1.165) is 23.1 Å². The summed E-state index contributed by atoms with van der Waals surface area (Å²) in [6, 6.07) is 6.37. The molecule has 0 unspecified atom stereocenters. The van der Waals surface area contributed by atoms with Crippen molar-refractivity contribution < 1.29 is 0 Å². The molecule has 0 aliphatic heterocycles. The Morgan fingerprint density at radius 2 is 1.88 bits per heavy atom. The van der Waals surface area contributed by atoms with Crippen LogP contribution in [0.2, 0.25) is 0 Å². The van der Waals surface area contributed by atoms with Gasteiger partial charge >= 0.3 is 0 Å². The second kappa shape index (κ2) is 5.27. The number of hydrogen-bond donors (Lipinski definition) is 1. The summed E-state index contributed by atoms with van der Waals surface area (Å²) in [7, 11) is 0. The van der Waals surface area contributed by atoms with Gasteiger partial charge in [0, 0.05) is 6.54 Å². The molecule has 4 heteroatoms. The quantitative estimate of drug-likeness (QED) is 0.900. The lowest BCUT2D eigenvalue weighted by Crippen LogP contribution is -2.03. The lowest BCUT2D eigenvalue weighted by molar-refractivity contribution is 0.972. The van der Waals surface area contributed by atoms with Crippen LogP contribution in [-0.4, -0.2) is 10.2 Å². The Balaban J connectivity index is 2.07. The summed E-state index contributed by atoms with van der Waals surface area (Å²) < 4.78 is 0. The van der Waals surface area contributed by atoms with Gasteiger partial charge in [-0.05, 0) is 37.0 Å². The Morgan fingerprint density at radius 3 is 2.47 bits per heavy atom. The molecule has 0 fully saturated rings. The molecule has 90 valence electrons. The number of anilines is 1. The zero-order valence-corrected chi connectivity index (χ0v) is 11.3. The number of hydrogen-bond acceptors (Lipinski definition) is 4. The number of nitrogens with zero attached hydrogens (tertiary/aromatic N) is 2. The van der Waals surface area contributed by atoms with E-state index in [1.165, 1.54) is 16.7 Å². The van der Waals surface area contributed by atoms with E-state index in [1.54, 1.807) is 11.3 Å². The first kappa shape index (κ1) is 12.0. The van der Waals surface area contributed by atoms with Crippen molar-refractivity contribution in [2.45, 2.75) is 33.7 Å². The van der Waals surface area contributed by atoms with Gasteiger partial charge in [0.1, 0.15) is 5.01 Å². The Morgan fingerprint density at radius 1 is 1.18 bits per heavy atom.